The van der Waals surface area contributed by atoms with E-state index >= 15 is 0 Å². The van der Waals surface area contributed by atoms with Crippen LogP contribution in [0, 0.1) is 5.92 Å². The van der Waals surface area contributed by atoms with E-state index in [2.05, 4.69) is 16.0 Å². The molecule has 7 nitrogen and oxygen atoms in total. The van der Waals surface area contributed by atoms with Gasteiger partial charge in [0.15, 0.2) is 0 Å². The summed E-state index contributed by atoms with van der Waals surface area (Å²) in [4.78, 5) is 35.2. The number of hydrogen-bond acceptors (Lipinski definition) is 5. The largest absolute Gasteiger partial charge is 0.343 e. The molecule has 0 radical (unpaired) electrons. The summed E-state index contributed by atoms with van der Waals surface area (Å²) in [5, 5.41) is 7.98. The van der Waals surface area contributed by atoms with Crippen LogP contribution in [0.1, 0.15) is 33.1 Å². The molecule has 0 saturated carbocycles. The number of hydrogen-bond donors (Lipinski definition) is 4. The summed E-state index contributed by atoms with van der Waals surface area (Å²) in [5.41, 5.74) is 5.16. The summed E-state index contributed by atoms with van der Waals surface area (Å²) in [7, 11) is 0. The molecule has 0 aromatic heterocycles. The maximum atomic E-state index is 12.0. The van der Waals surface area contributed by atoms with Crippen LogP contribution in [-0.2, 0) is 14.4 Å². The molecule has 7 heteroatoms. The minimum absolute atomic E-state index is 0.191. The maximum Gasteiger partial charge on any atom is 0.249 e. The fourth-order valence-electron chi connectivity index (χ4n) is 2.16. The van der Waals surface area contributed by atoms with Crippen LogP contribution in [0.3, 0.4) is 0 Å². The van der Waals surface area contributed by atoms with E-state index in [1.807, 2.05) is 13.8 Å². The normalized spacial score (nSPS) is 19.7. The average molecular weight is 284 g/mol. The first kappa shape index (κ1) is 16.6. The molecule has 1 aliphatic rings. The SMILES string of the molecule is CC(C)C[C@H](NC(=O)[C@@H]1CCCN1)C(=O)NC(=O)CN. The van der Waals surface area contributed by atoms with Crippen LogP contribution in [0.25, 0.3) is 0 Å². The molecular formula is C13H24N4O3. The molecule has 5 N–H and O–H groups in total. The minimum Gasteiger partial charge on any atom is -0.343 e. The topological polar surface area (TPSA) is 113 Å². The zero-order valence-electron chi connectivity index (χ0n) is 12.1. The predicted octanol–water partition coefficient (Wildman–Crippen LogP) is -1.13. The van der Waals surface area contributed by atoms with Gasteiger partial charge in [0.05, 0.1) is 12.6 Å². The Morgan fingerprint density at radius 2 is 2.05 bits per heavy atom. The lowest BCUT2D eigenvalue weighted by atomic mass is 10.0. The second-order valence-electron chi connectivity index (χ2n) is 5.46. The zero-order valence-corrected chi connectivity index (χ0v) is 12.1. The monoisotopic (exact) mass is 284 g/mol. The number of nitrogens with one attached hydrogen (secondary N) is 3. The summed E-state index contributed by atoms with van der Waals surface area (Å²) in [6.45, 7) is 4.46. The van der Waals surface area contributed by atoms with Gasteiger partial charge in [-0.05, 0) is 31.7 Å². The third-order valence-electron chi connectivity index (χ3n) is 3.16. The molecule has 0 aromatic carbocycles. The van der Waals surface area contributed by atoms with Gasteiger partial charge in [0.25, 0.3) is 0 Å². The van der Waals surface area contributed by atoms with E-state index in [4.69, 9.17) is 5.73 Å². The van der Waals surface area contributed by atoms with Crippen LogP contribution in [0.15, 0.2) is 0 Å². The van der Waals surface area contributed by atoms with Crippen LogP contribution < -0.4 is 21.7 Å². The van der Waals surface area contributed by atoms with Gasteiger partial charge in [-0.15, -0.1) is 0 Å². The Hall–Kier alpha value is -1.47. The van der Waals surface area contributed by atoms with E-state index in [-0.39, 0.29) is 24.4 Å². The van der Waals surface area contributed by atoms with Gasteiger partial charge in [0.1, 0.15) is 6.04 Å². The van der Waals surface area contributed by atoms with Gasteiger partial charge in [-0.3, -0.25) is 19.7 Å². The van der Waals surface area contributed by atoms with Crippen molar-refractivity contribution in [3.63, 3.8) is 0 Å². The molecule has 0 aliphatic carbocycles. The second-order valence-corrected chi connectivity index (χ2v) is 5.46. The molecule has 20 heavy (non-hydrogen) atoms. The average Bonchev–Trinajstić information content (AvgIpc) is 2.90. The molecule has 0 unspecified atom stereocenters. The highest BCUT2D eigenvalue weighted by molar-refractivity contribution is 6.00. The van der Waals surface area contributed by atoms with Gasteiger partial charge in [0, 0.05) is 0 Å². The molecule has 1 saturated heterocycles. The Morgan fingerprint density at radius 3 is 2.55 bits per heavy atom. The van der Waals surface area contributed by atoms with Crippen molar-refractivity contribution >= 4 is 17.7 Å². The van der Waals surface area contributed by atoms with E-state index in [0.29, 0.717) is 6.42 Å². The Bertz CT molecular complexity index is 365. The summed E-state index contributed by atoms with van der Waals surface area (Å²) >= 11 is 0. The maximum absolute atomic E-state index is 12.0. The lowest BCUT2D eigenvalue weighted by molar-refractivity contribution is -0.134. The van der Waals surface area contributed by atoms with Gasteiger partial charge in [-0.2, -0.15) is 0 Å². The first-order valence-electron chi connectivity index (χ1n) is 7.01. The smallest absolute Gasteiger partial charge is 0.249 e. The van der Waals surface area contributed by atoms with E-state index in [1.165, 1.54) is 0 Å². The summed E-state index contributed by atoms with van der Waals surface area (Å²) in [6, 6.07) is -0.955. The molecular weight excluding hydrogens is 260 g/mol. The lowest BCUT2D eigenvalue weighted by Crippen LogP contribution is -2.53. The van der Waals surface area contributed by atoms with Crippen molar-refractivity contribution in [3.8, 4) is 0 Å². The Labute approximate surface area is 119 Å². The highest BCUT2D eigenvalue weighted by Gasteiger charge is 2.28. The van der Waals surface area contributed by atoms with Gasteiger partial charge in [-0.1, -0.05) is 13.8 Å². The second kappa shape index (κ2) is 7.96. The molecule has 1 aliphatic heterocycles. The van der Waals surface area contributed by atoms with Crippen molar-refractivity contribution in [3.05, 3.63) is 0 Å². The molecule has 0 aromatic rings. The standard InChI is InChI=1S/C13H24N4O3/c1-8(2)6-10(13(20)17-11(18)7-14)16-12(19)9-4-3-5-15-9/h8-10,15H,3-7,14H2,1-2H3,(H,16,19)(H,17,18,20)/t9-,10-/m0/s1. The Kier molecular flexibility index (Phi) is 6.60. The summed E-state index contributed by atoms with van der Waals surface area (Å²) < 4.78 is 0. The first-order valence-corrected chi connectivity index (χ1v) is 7.01. The van der Waals surface area contributed by atoms with E-state index < -0.39 is 17.9 Å². The highest BCUT2D eigenvalue weighted by atomic mass is 16.2. The highest BCUT2D eigenvalue weighted by Crippen LogP contribution is 2.08. The summed E-state index contributed by atoms with van der Waals surface area (Å²) in [6.07, 6.45) is 2.19. The minimum atomic E-state index is -0.708. The van der Waals surface area contributed by atoms with E-state index in [9.17, 15) is 14.4 Å². The molecule has 3 amide bonds. The quantitative estimate of drug-likeness (QED) is 0.493. The van der Waals surface area contributed by atoms with Crippen molar-refractivity contribution < 1.29 is 14.4 Å². The van der Waals surface area contributed by atoms with Crippen molar-refractivity contribution in [2.75, 3.05) is 13.1 Å². The zero-order chi connectivity index (χ0) is 15.1. The summed E-state index contributed by atoms with van der Waals surface area (Å²) in [5.74, 6) is -1.02. The third kappa shape index (κ3) is 5.26. The number of rotatable bonds is 6. The van der Waals surface area contributed by atoms with Crippen molar-refractivity contribution in [1.29, 1.82) is 0 Å². The molecule has 1 fully saturated rings. The van der Waals surface area contributed by atoms with Crippen LogP contribution >= 0.6 is 0 Å². The van der Waals surface area contributed by atoms with Gasteiger partial charge in [-0.25, -0.2) is 0 Å². The van der Waals surface area contributed by atoms with E-state index in [0.717, 1.165) is 19.4 Å². The third-order valence-corrected chi connectivity index (χ3v) is 3.16. The van der Waals surface area contributed by atoms with Gasteiger partial charge in [0.2, 0.25) is 17.7 Å². The number of nitrogens with two attached hydrogens (primary N) is 1. The fraction of sp³-hybridized carbons (Fsp3) is 0.769. The molecule has 0 bridgehead atoms. The molecule has 114 valence electrons. The van der Waals surface area contributed by atoms with Gasteiger partial charge >= 0.3 is 0 Å². The lowest BCUT2D eigenvalue weighted by Gasteiger charge is -2.21. The fourth-order valence-corrected chi connectivity index (χ4v) is 2.16. The van der Waals surface area contributed by atoms with Crippen molar-refractivity contribution in [1.82, 2.24) is 16.0 Å². The van der Waals surface area contributed by atoms with Crippen LogP contribution in [0.5, 0.6) is 0 Å². The van der Waals surface area contributed by atoms with Crippen LogP contribution in [-0.4, -0.2) is 42.9 Å². The Morgan fingerprint density at radius 1 is 1.35 bits per heavy atom. The number of carbonyl (C=O) groups is 3. The Balaban J connectivity index is 2.60. The van der Waals surface area contributed by atoms with E-state index in [1.54, 1.807) is 0 Å². The first-order chi connectivity index (χ1) is 9.43. The molecule has 1 rings (SSSR count). The van der Waals surface area contributed by atoms with Crippen molar-refractivity contribution in [2.45, 2.75) is 45.2 Å². The number of carbonyl (C=O) groups excluding carboxylic acids is 3. The van der Waals surface area contributed by atoms with Gasteiger partial charge < -0.3 is 16.4 Å². The molecule has 2 atom stereocenters. The molecule has 1 heterocycles. The molecule has 0 spiro atoms. The predicted molar refractivity (Wildman–Crippen MR) is 74.6 cm³/mol. The number of imide groups is 1. The van der Waals surface area contributed by atoms with Crippen LogP contribution in [0.2, 0.25) is 0 Å². The number of amides is 3. The van der Waals surface area contributed by atoms with Crippen LogP contribution in [0.4, 0.5) is 0 Å². The van der Waals surface area contributed by atoms with Crippen molar-refractivity contribution in [2.24, 2.45) is 11.7 Å².